The lowest BCUT2D eigenvalue weighted by atomic mass is 10.2. The first-order valence-corrected chi connectivity index (χ1v) is 5.74. The van der Waals surface area contributed by atoms with E-state index in [-0.39, 0.29) is 16.4 Å². The van der Waals surface area contributed by atoms with E-state index in [0.29, 0.717) is 11.5 Å². The SMILES string of the molecule is O=C(Cl)c1ccc(Oc2ccc(F)cc2)cc1Cl. The molecule has 0 saturated heterocycles. The zero-order valence-electron chi connectivity index (χ0n) is 8.99. The molecule has 0 atom stereocenters. The second-order valence-electron chi connectivity index (χ2n) is 3.47. The number of halogens is 3. The molecule has 0 aliphatic carbocycles. The van der Waals surface area contributed by atoms with E-state index in [9.17, 15) is 9.18 Å². The van der Waals surface area contributed by atoms with E-state index in [4.69, 9.17) is 27.9 Å². The lowest BCUT2D eigenvalue weighted by molar-refractivity contribution is 0.108. The van der Waals surface area contributed by atoms with E-state index in [0.717, 1.165) is 0 Å². The van der Waals surface area contributed by atoms with Crippen LogP contribution in [-0.4, -0.2) is 5.24 Å². The Morgan fingerprint density at radius 3 is 2.22 bits per heavy atom. The van der Waals surface area contributed by atoms with E-state index >= 15 is 0 Å². The van der Waals surface area contributed by atoms with Crippen LogP contribution in [0.15, 0.2) is 42.5 Å². The predicted molar refractivity (Wildman–Crippen MR) is 68.1 cm³/mol. The Balaban J connectivity index is 2.22. The summed E-state index contributed by atoms with van der Waals surface area (Å²) in [5.74, 6) is 0.564. The highest BCUT2D eigenvalue weighted by Crippen LogP contribution is 2.27. The topological polar surface area (TPSA) is 26.3 Å². The average molecular weight is 285 g/mol. The summed E-state index contributed by atoms with van der Waals surface area (Å²) >= 11 is 11.2. The smallest absolute Gasteiger partial charge is 0.253 e. The fourth-order valence-electron chi connectivity index (χ4n) is 1.36. The zero-order chi connectivity index (χ0) is 13.1. The van der Waals surface area contributed by atoms with E-state index in [1.54, 1.807) is 6.07 Å². The van der Waals surface area contributed by atoms with Gasteiger partial charge >= 0.3 is 0 Å². The van der Waals surface area contributed by atoms with Crippen LogP contribution in [0.1, 0.15) is 10.4 Å². The van der Waals surface area contributed by atoms with Gasteiger partial charge in [0.15, 0.2) is 0 Å². The van der Waals surface area contributed by atoms with Crippen LogP contribution in [0.2, 0.25) is 5.02 Å². The van der Waals surface area contributed by atoms with Crippen molar-refractivity contribution >= 4 is 28.4 Å². The summed E-state index contributed by atoms with van der Waals surface area (Å²) in [6.07, 6.45) is 0. The molecule has 2 aromatic carbocycles. The quantitative estimate of drug-likeness (QED) is 0.767. The summed E-state index contributed by atoms with van der Waals surface area (Å²) in [5.41, 5.74) is 0.213. The molecule has 0 spiro atoms. The molecule has 0 bridgehead atoms. The van der Waals surface area contributed by atoms with Gasteiger partial charge < -0.3 is 4.74 Å². The number of hydrogen-bond acceptors (Lipinski definition) is 2. The molecule has 5 heteroatoms. The lowest BCUT2D eigenvalue weighted by Crippen LogP contribution is -1.91. The third-order valence-electron chi connectivity index (χ3n) is 2.20. The average Bonchev–Trinajstić information content (AvgIpc) is 2.32. The van der Waals surface area contributed by atoms with Gasteiger partial charge in [0.2, 0.25) is 0 Å². The number of benzene rings is 2. The van der Waals surface area contributed by atoms with E-state index in [1.807, 2.05) is 0 Å². The summed E-state index contributed by atoms with van der Waals surface area (Å²) < 4.78 is 18.1. The van der Waals surface area contributed by atoms with Crippen molar-refractivity contribution in [2.45, 2.75) is 0 Å². The first-order chi connectivity index (χ1) is 8.56. The van der Waals surface area contributed by atoms with Crippen LogP contribution < -0.4 is 4.74 Å². The lowest BCUT2D eigenvalue weighted by Gasteiger charge is -2.07. The van der Waals surface area contributed by atoms with Gasteiger partial charge in [-0.25, -0.2) is 4.39 Å². The van der Waals surface area contributed by atoms with Crippen molar-refractivity contribution in [3.63, 3.8) is 0 Å². The van der Waals surface area contributed by atoms with Gasteiger partial charge in [-0.3, -0.25) is 4.79 Å². The minimum absolute atomic E-state index is 0.203. The van der Waals surface area contributed by atoms with Crippen LogP contribution in [0.5, 0.6) is 11.5 Å². The van der Waals surface area contributed by atoms with Crippen LogP contribution in [0.4, 0.5) is 4.39 Å². The number of carbonyl (C=O) groups excluding carboxylic acids is 1. The second kappa shape index (κ2) is 5.38. The fourth-order valence-corrected chi connectivity index (χ4v) is 1.83. The van der Waals surface area contributed by atoms with Crippen molar-refractivity contribution in [3.8, 4) is 11.5 Å². The first-order valence-electron chi connectivity index (χ1n) is 4.99. The van der Waals surface area contributed by atoms with Gasteiger partial charge in [-0.15, -0.1) is 0 Å². The largest absolute Gasteiger partial charge is 0.457 e. The number of rotatable bonds is 3. The Morgan fingerprint density at radius 2 is 1.67 bits per heavy atom. The van der Waals surface area contributed by atoms with Crippen LogP contribution in [0, 0.1) is 5.82 Å². The zero-order valence-corrected chi connectivity index (χ0v) is 10.5. The standard InChI is InChI=1S/C13H7Cl2FO2/c14-12-7-10(5-6-11(12)13(15)17)18-9-3-1-8(16)2-4-9/h1-7H. The molecular formula is C13H7Cl2FO2. The maximum absolute atomic E-state index is 12.7. The van der Waals surface area contributed by atoms with E-state index in [2.05, 4.69) is 0 Å². The van der Waals surface area contributed by atoms with Crippen LogP contribution in [0.3, 0.4) is 0 Å². The minimum atomic E-state index is -0.631. The van der Waals surface area contributed by atoms with Crippen molar-refractivity contribution in [2.75, 3.05) is 0 Å². The predicted octanol–water partition coefficient (Wildman–Crippen LogP) is 4.65. The summed E-state index contributed by atoms with van der Waals surface area (Å²) in [6.45, 7) is 0. The fraction of sp³-hybridized carbons (Fsp3) is 0. The highest BCUT2D eigenvalue weighted by atomic mass is 35.5. The van der Waals surface area contributed by atoms with Crippen LogP contribution >= 0.6 is 23.2 Å². The molecule has 0 N–H and O–H groups in total. The molecule has 2 nitrogen and oxygen atoms in total. The molecular weight excluding hydrogens is 278 g/mol. The molecule has 0 aliphatic rings. The minimum Gasteiger partial charge on any atom is -0.457 e. The van der Waals surface area contributed by atoms with E-state index in [1.165, 1.54) is 36.4 Å². The molecule has 2 aromatic rings. The number of ether oxygens (including phenoxy) is 1. The summed E-state index contributed by atoms with van der Waals surface area (Å²) in [4.78, 5) is 11.0. The highest BCUT2D eigenvalue weighted by Gasteiger charge is 2.09. The van der Waals surface area contributed by atoms with Gasteiger partial charge in [-0.2, -0.15) is 0 Å². The van der Waals surface area contributed by atoms with Gasteiger partial charge in [0, 0.05) is 6.07 Å². The maximum atomic E-state index is 12.7. The summed E-state index contributed by atoms with van der Waals surface area (Å²) in [6, 6.07) is 10.1. The van der Waals surface area contributed by atoms with Crippen molar-refractivity contribution in [1.82, 2.24) is 0 Å². The Hall–Kier alpha value is -1.58. The van der Waals surface area contributed by atoms with Crippen molar-refractivity contribution in [1.29, 1.82) is 0 Å². The molecule has 0 aromatic heterocycles. The maximum Gasteiger partial charge on any atom is 0.253 e. The van der Waals surface area contributed by atoms with Crippen LogP contribution in [0.25, 0.3) is 0 Å². The van der Waals surface area contributed by atoms with Gasteiger partial charge in [-0.1, -0.05) is 11.6 Å². The third kappa shape index (κ3) is 3.00. The molecule has 0 heterocycles. The Kier molecular flexibility index (Phi) is 3.84. The first kappa shape index (κ1) is 12.9. The molecule has 0 unspecified atom stereocenters. The van der Waals surface area contributed by atoms with Gasteiger partial charge in [0.25, 0.3) is 5.24 Å². The third-order valence-corrected chi connectivity index (χ3v) is 2.72. The Bertz CT molecular complexity index is 582. The Labute approximate surface area is 113 Å². The van der Waals surface area contributed by atoms with Crippen molar-refractivity contribution in [2.24, 2.45) is 0 Å². The molecule has 92 valence electrons. The number of carbonyl (C=O) groups is 1. The van der Waals surface area contributed by atoms with Gasteiger partial charge in [-0.05, 0) is 48.0 Å². The molecule has 2 rings (SSSR count). The van der Waals surface area contributed by atoms with Gasteiger partial charge in [0.05, 0.1) is 10.6 Å². The Morgan fingerprint density at radius 1 is 1.06 bits per heavy atom. The van der Waals surface area contributed by atoms with Crippen molar-refractivity contribution < 1.29 is 13.9 Å². The van der Waals surface area contributed by atoms with Crippen molar-refractivity contribution in [3.05, 3.63) is 58.9 Å². The summed E-state index contributed by atoms with van der Waals surface area (Å²) in [5, 5.41) is -0.428. The molecule has 0 saturated carbocycles. The molecule has 0 radical (unpaired) electrons. The molecule has 0 amide bonds. The number of hydrogen-bond donors (Lipinski definition) is 0. The monoisotopic (exact) mass is 284 g/mol. The molecule has 0 fully saturated rings. The molecule has 0 aliphatic heterocycles. The summed E-state index contributed by atoms with van der Waals surface area (Å²) in [7, 11) is 0. The molecule has 18 heavy (non-hydrogen) atoms. The second-order valence-corrected chi connectivity index (χ2v) is 4.22. The normalized spacial score (nSPS) is 10.2. The van der Waals surface area contributed by atoms with Crippen LogP contribution in [-0.2, 0) is 0 Å². The highest BCUT2D eigenvalue weighted by molar-refractivity contribution is 6.68. The van der Waals surface area contributed by atoms with E-state index < -0.39 is 5.24 Å². The van der Waals surface area contributed by atoms with Gasteiger partial charge in [0.1, 0.15) is 17.3 Å².